The van der Waals surface area contributed by atoms with E-state index in [2.05, 4.69) is 55.6 Å². The SMILES string of the molecule is CC1=CC(C)CC(CNCCc2ccccc2)C1. The quantitative estimate of drug-likeness (QED) is 0.612. The highest BCUT2D eigenvalue weighted by Crippen LogP contribution is 2.27. The molecular weight excluding hydrogens is 218 g/mol. The maximum Gasteiger partial charge on any atom is -0.000823 e. The van der Waals surface area contributed by atoms with Crippen LogP contribution in [0.25, 0.3) is 0 Å². The Morgan fingerprint density at radius 2 is 2.00 bits per heavy atom. The zero-order valence-electron chi connectivity index (χ0n) is 11.7. The number of rotatable bonds is 5. The third-order valence-corrected chi connectivity index (χ3v) is 3.75. The first-order chi connectivity index (χ1) is 8.74. The lowest BCUT2D eigenvalue weighted by atomic mass is 9.84. The Morgan fingerprint density at radius 3 is 2.72 bits per heavy atom. The minimum Gasteiger partial charge on any atom is -0.316 e. The van der Waals surface area contributed by atoms with Crippen molar-refractivity contribution in [2.45, 2.75) is 33.1 Å². The van der Waals surface area contributed by atoms with Crippen molar-refractivity contribution in [2.75, 3.05) is 13.1 Å². The van der Waals surface area contributed by atoms with Crippen molar-refractivity contribution >= 4 is 0 Å². The molecule has 0 fully saturated rings. The summed E-state index contributed by atoms with van der Waals surface area (Å²) in [6.07, 6.45) is 6.19. The molecule has 0 aromatic heterocycles. The zero-order chi connectivity index (χ0) is 12.8. The predicted molar refractivity (Wildman–Crippen MR) is 78.7 cm³/mol. The van der Waals surface area contributed by atoms with Crippen molar-refractivity contribution in [3.8, 4) is 0 Å². The molecule has 2 atom stereocenters. The molecule has 0 amide bonds. The molecule has 1 aromatic carbocycles. The summed E-state index contributed by atoms with van der Waals surface area (Å²) >= 11 is 0. The minimum absolute atomic E-state index is 0.764. The van der Waals surface area contributed by atoms with Crippen LogP contribution >= 0.6 is 0 Å². The average Bonchev–Trinajstić information content (AvgIpc) is 2.35. The molecular formula is C17H25N. The molecule has 2 unspecified atom stereocenters. The molecule has 1 heteroatoms. The highest BCUT2D eigenvalue weighted by molar-refractivity contribution is 5.14. The van der Waals surface area contributed by atoms with Gasteiger partial charge in [0.25, 0.3) is 0 Å². The molecule has 1 nitrogen and oxygen atoms in total. The third-order valence-electron chi connectivity index (χ3n) is 3.75. The van der Waals surface area contributed by atoms with Crippen LogP contribution in [0.2, 0.25) is 0 Å². The molecule has 98 valence electrons. The summed E-state index contributed by atoms with van der Waals surface area (Å²) in [5.74, 6) is 1.60. The summed E-state index contributed by atoms with van der Waals surface area (Å²) in [5.41, 5.74) is 3.00. The van der Waals surface area contributed by atoms with Crippen LogP contribution in [-0.2, 0) is 6.42 Å². The molecule has 0 spiro atoms. The van der Waals surface area contributed by atoms with E-state index in [0.29, 0.717) is 0 Å². The first kappa shape index (κ1) is 13.4. The van der Waals surface area contributed by atoms with E-state index < -0.39 is 0 Å². The average molecular weight is 243 g/mol. The Labute approximate surface area is 111 Å². The second-order valence-electron chi connectivity index (χ2n) is 5.74. The fourth-order valence-corrected chi connectivity index (χ4v) is 3.03. The molecule has 0 saturated heterocycles. The molecule has 1 aromatic rings. The van der Waals surface area contributed by atoms with Gasteiger partial charge < -0.3 is 5.32 Å². The van der Waals surface area contributed by atoms with Crippen LogP contribution in [0.5, 0.6) is 0 Å². The molecule has 2 rings (SSSR count). The van der Waals surface area contributed by atoms with Crippen molar-refractivity contribution in [1.82, 2.24) is 5.32 Å². The lowest BCUT2D eigenvalue weighted by Crippen LogP contribution is -2.27. The number of nitrogens with one attached hydrogen (secondary N) is 1. The number of allylic oxidation sites excluding steroid dienone is 2. The lowest BCUT2D eigenvalue weighted by molar-refractivity contribution is 0.383. The van der Waals surface area contributed by atoms with Crippen molar-refractivity contribution < 1.29 is 0 Å². The molecule has 1 aliphatic carbocycles. The van der Waals surface area contributed by atoms with E-state index in [0.717, 1.165) is 24.8 Å². The molecule has 0 heterocycles. The fraction of sp³-hybridized carbons (Fsp3) is 0.529. The van der Waals surface area contributed by atoms with Gasteiger partial charge >= 0.3 is 0 Å². The van der Waals surface area contributed by atoms with Crippen LogP contribution in [0.4, 0.5) is 0 Å². The smallest absolute Gasteiger partial charge is 0.000823 e. The summed E-state index contributed by atoms with van der Waals surface area (Å²) < 4.78 is 0. The van der Waals surface area contributed by atoms with Crippen molar-refractivity contribution in [3.05, 3.63) is 47.5 Å². The van der Waals surface area contributed by atoms with Gasteiger partial charge in [-0.15, -0.1) is 0 Å². The van der Waals surface area contributed by atoms with Gasteiger partial charge in [-0.3, -0.25) is 0 Å². The summed E-state index contributed by atoms with van der Waals surface area (Å²) in [4.78, 5) is 0. The summed E-state index contributed by atoms with van der Waals surface area (Å²) in [7, 11) is 0. The summed E-state index contributed by atoms with van der Waals surface area (Å²) in [6, 6.07) is 10.7. The van der Waals surface area contributed by atoms with Gasteiger partial charge in [0.2, 0.25) is 0 Å². The third kappa shape index (κ3) is 4.30. The number of hydrogen-bond acceptors (Lipinski definition) is 1. The maximum absolute atomic E-state index is 3.62. The largest absolute Gasteiger partial charge is 0.316 e. The molecule has 0 radical (unpaired) electrons. The van der Waals surface area contributed by atoms with Gasteiger partial charge in [0.15, 0.2) is 0 Å². The second kappa shape index (κ2) is 6.75. The van der Waals surface area contributed by atoms with Gasteiger partial charge in [-0.25, -0.2) is 0 Å². The Bertz CT molecular complexity index is 380. The molecule has 1 N–H and O–H groups in total. The minimum atomic E-state index is 0.764. The predicted octanol–water partition coefficient (Wildman–Crippen LogP) is 3.81. The first-order valence-corrected chi connectivity index (χ1v) is 7.16. The summed E-state index contributed by atoms with van der Waals surface area (Å²) in [6.45, 7) is 6.87. The van der Waals surface area contributed by atoms with Gasteiger partial charge in [-0.05, 0) is 56.7 Å². The maximum atomic E-state index is 3.62. The number of hydrogen-bond donors (Lipinski definition) is 1. The van der Waals surface area contributed by atoms with E-state index in [9.17, 15) is 0 Å². The van der Waals surface area contributed by atoms with Gasteiger partial charge in [-0.2, -0.15) is 0 Å². The monoisotopic (exact) mass is 243 g/mol. The van der Waals surface area contributed by atoms with Gasteiger partial charge in [0, 0.05) is 0 Å². The van der Waals surface area contributed by atoms with Crippen LogP contribution in [0.1, 0.15) is 32.3 Å². The highest BCUT2D eigenvalue weighted by Gasteiger charge is 2.17. The summed E-state index contributed by atoms with van der Waals surface area (Å²) in [5, 5.41) is 3.62. The van der Waals surface area contributed by atoms with Crippen LogP contribution in [0.15, 0.2) is 42.0 Å². The van der Waals surface area contributed by atoms with Crippen LogP contribution in [-0.4, -0.2) is 13.1 Å². The highest BCUT2D eigenvalue weighted by atomic mass is 14.9. The molecule has 18 heavy (non-hydrogen) atoms. The van der Waals surface area contributed by atoms with Gasteiger partial charge in [0.1, 0.15) is 0 Å². The van der Waals surface area contributed by atoms with Crippen LogP contribution in [0, 0.1) is 11.8 Å². The van der Waals surface area contributed by atoms with Gasteiger partial charge in [-0.1, -0.05) is 48.9 Å². The molecule has 0 bridgehead atoms. The first-order valence-electron chi connectivity index (χ1n) is 7.16. The van der Waals surface area contributed by atoms with E-state index in [-0.39, 0.29) is 0 Å². The topological polar surface area (TPSA) is 12.0 Å². The normalized spacial score (nSPS) is 23.8. The van der Waals surface area contributed by atoms with Crippen LogP contribution < -0.4 is 5.32 Å². The Hall–Kier alpha value is -1.08. The van der Waals surface area contributed by atoms with Crippen molar-refractivity contribution in [1.29, 1.82) is 0 Å². The zero-order valence-corrected chi connectivity index (χ0v) is 11.7. The molecule has 1 aliphatic rings. The number of benzene rings is 1. The van der Waals surface area contributed by atoms with Crippen molar-refractivity contribution in [2.24, 2.45) is 11.8 Å². The lowest BCUT2D eigenvalue weighted by Gasteiger charge is -2.25. The van der Waals surface area contributed by atoms with E-state index in [1.54, 1.807) is 5.57 Å². The van der Waals surface area contributed by atoms with Gasteiger partial charge in [0.05, 0.1) is 0 Å². The van der Waals surface area contributed by atoms with E-state index in [4.69, 9.17) is 0 Å². The van der Waals surface area contributed by atoms with E-state index >= 15 is 0 Å². The Morgan fingerprint density at radius 1 is 1.22 bits per heavy atom. The second-order valence-corrected chi connectivity index (χ2v) is 5.74. The fourth-order valence-electron chi connectivity index (χ4n) is 3.03. The van der Waals surface area contributed by atoms with E-state index in [1.165, 1.54) is 24.9 Å². The standard InChI is InChI=1S/C17H25N/c1-14-10-15(2)12-17(11-14)13-18-9-8-16-6-4-3-5-7-16/h3-7,10,14,17-18H,8-9,11-13H2,1-2H3. The molecule has 0 aliphatic heterocycles. The van der Waals surface area contributed by atoms with Crippen molar-refractivity contribution in [3.63, 3.8) is 0 Å². The Balaban J connectivity index is 1.66. The molecule has 0 saturated carbocycles. The van der Waals surface area contributed by atoms with E-state index in [1.807, 2.05) is 0 Å². The Kier molecular flexibility index (Phi) is 5.00. The van der Waals surface area contributed by atoms with Crippen LogP contribution in [0.3, 0.4) is 0 Å².